The van der Waals surface area contributed by atoms with E-state index in [0.29, 0.717) is 0 Å². The molecule has 0 aliphatic carbocycles. The Balaban J connectivity index is 2.44. The molecule has 2 heteroatoms. The normalized spacial score (nSPS) is 12.8. The van der Waals surface area contributed by atoms with Crippen molar-refractivity contribution in [2.75, 3.05) is 0 Å². The fourth-order valence-corrected chi connectivity index (χ4v) is 7.17. The second kappa shape index (κ2) is 8.85. The van der Waals surface area contributed by atoms with E-state index in [2.05, 4.69) is 37.8 Å². The first-order valence-electron chi connectivity index (χ1n) is 8.67. The third-order valence-corrected chi connectivity index (χ3v) is 8.76. The van der Waals surface area contributed by atoms with Crippen molar-refractivity contribution in [3.63, 3.8) is 0 Å². The Morgan fingerprint density at radius 2 is 1.48 bits per heavy atom. The molecule has 0 radical (unpaired) electrons. The zero-order chi connectivity index (χ0) is 16.5. The van der Waals surface area contributed by atoms with Crippen LogP contribution in [0.5, 0.6) is 0 Å². The molecule has 2 aromatic carbocycles. The van der Waals surface area contributed by atoms with Gasteiger partial charge in [0.1, 0.15) is 0 Å². The molecule has 0 aliphatic rings. The van der Waals surface area contributed by atoms with E-state index in [1.54, 1.807) is 0 Å². The Morgan fingerprint density at radius 3 is 1.91 bits per heavy atom. The maximum Gasteiger partial charge on any atom is 0.256 e. The molecule has 0 spiro atoms. The highest BCUT2D eigenvalue weighted by atomic mass is 28.4. The van der Waals surface area contributed by atoms with E-state index in [4.69, 9.17) is 0 Å². The second-order valence-corrected chi connectivity index (χ2v) is 9.72. The van der Waals surface area contributed by atoms with Gasteiger partial charge in [0.05, 0.1) is 0 Å². The Hall–Kier alpha value is -1.64. The molecule has 1 nitrogen and oxygen atoms in total. The van der Waals surface area contributed by atoms with Gasteiger partial charge in [0, 0.05) is 0 Å². The summed E-state index contributed by atoms with van der Waals surface area (Å²) in [5.74, 6) is 0. The summed E-state index contributed by atoms with van der Waals surface area (Å²) in [7, 11) is -2.77. The average Bonchev–Trinajstić information content (AvgIpc) is 2.62. The summed E-state index contributed by atoms with van der Waals surface area (Å²) >= 11 is 0. The monoisotopic (exact) mass is 324 g/mol. The van der Waals surface area contributed by atoms with Crippen molar-refractivity contribution < 1.29 is 4.80 Å². The van der Waals surface area contributed by atoms with Crippen LogP contribution in [0.3, 0.4) is 0 Å². The van der Waals surface area contributed by atoms with Crippen molar-refractivity contribution in [1.82, 2.24) is 0 Å². The van der Waals surface area contributed by atoms with Gasteiger partial charge in [0.2, 0.25) is 0 Å². The Morgan fingerprint density at radius 1 is 0.957 bits per heavy atom. The predicted octanol–water partition coefficient (Wildman–Crippen LogP) is 4.27. The Labute approximate surface area is 141 Å². The van der Waals surface area contributed by atoms with Crippen molar-refractivity contribution in [3.05, 3.63) is 73.3 Å². The molecule has 23 heavy (non-hydrogen) atoms. The van der Waals surface area contributed by atoms with Crippen LogP contribution in [0.25, 0.3) is 0 Å². The van der Waals surface area contributed by atoms with Gasteiger partial charge in [-0.1, -0.05) is 92.9 Å². The first kappa shape index (κ1) is 17.7. The van der Waals surface area contributed by atoms with Gasteiger partial charge in [0.15, 0.2) is 0 Å². The zero-order valence-corrected chi connectivity index (χ0v) is 15.1. The fourth-order valence-electron chi connectivity index (χ4n) is 3.36. The number of benzene rings is 2. The molecule has 0 bridgehead atoms. The number of hydrogen-bond acceptors (Lipinski definition) is 1. The van der Waals surface area contributed by atoms with Crippen molar-refractivity contribution >= 4 is 18.7 Å². The van der Waals surface area contributed by atoms with E-state index in [-0.39, 0.29) is 5.54 Å². The van der Waals surface area contributed by atoms with Gasteiger partial charge >= 0.3 is 0 Å². The number of allylic oxidation sites excluding steroid dienone is 1. The predicted molar refractivity (Wildman–Crippen MR) is 103 cm³/mol. The third kappa shape index (κ3) is 4.21. The molecule has 0 aromatic heterocycles. The molecule has 2 aromatic rings. The number of hydrogen-bond donors (Lipinski definition) is 1. The summed E-state index contributed by atoms with van der Waals surface area (Å²) in [6.07, 6.45) is 7.51. The highest BCUT2D eigenvalue weighted by Gasteiger charge is 2.42. The van der Waals surface area contributed by atoms with Crippen LogP contribution in [-0.2, 0) is 0 Å². The summed E-state index contributed by atoms with van der Waals surface area (Å²) in [5, 5.41) is 2.21. The lowest BCUT2D eigenvalue weighted by Gasteiger charge is -2.34. The van der Waals surface area contributed by atoms with Crippen molar-refractivity contribution in [2.24, 2.45) is 0 Å². The van der Waals surface area contributed by atoms with E-state index in [1.807, 2.05) is 42.5 Å². The average molecular weight is 325 g/mol. The van der Waals surface area contributed by atoms with E-state index in [1.165, 1.54) is 19.3 Å². The van der Waals surface area contributed by atoms with Crippen molar-refractivity contribution in [1.29, 1.82) is 0 Å². The van der Waals surface area contributed by atoms with Crippen LogP contribution in [0.1, 0.15) is 39.0 Å². The van der Waals surface area contributed by atoms with Gasteiger partial charge < -0.3 is 4.80 Å². The lowest BCUT2D eigenvalue weighted by Crippen LogP contribution is -2.62. The summed E-state index contributed by atoms with van der Waals surface area (Å²) in [5.41, 5.74) is 0.274. The number of rotatable bonds is 9. The van der Waals surface area contributed by atoms with Gasteiger partial charge in [0.25, 0.3) is 8.32 Å². The van der Waals surface area contributed by atoms with Crippen LogP contribution in [-0.4, -0.2) is 13.1 Å². The quantitative estimate of drug-likeness (QED) is 0.415. The van der Waals surface area contributed by atoms with Gasteiger partial charge in [-0.05, 0) is 28.8 Å². The lowest BCUT2D eigenvalue weighted by atomic mass is 10.1. The topological polar surface area (TPSA) is 20.2 Å². The smallest absolute Gasteiger partial charge is 0.256 e. The summed E-state index contributed by atoms with van der Waals surface area (Å²) in [4.78, 5) is 11.9. The van der Waals surface area contributed by atoms with E-state index >= 15 is 0 Å². The minimum Gasteiger partial charge on any atom is -0.424 e. The fraction of sp³-hybridized carbons (Fsp3) is 0.333. The van der Waals surface area contributed by atoms with Crippen LogP contribution >= 0.6 is 0 Å². The van der Waals surface area contributed by atoms with Gasteiger partial charge in [-0.25, -0.2) is 0 Å². The molecular weight excluding hydrogens is 296 g/mol. The molecule has 1 unspecified atom stereocenters. The molecule has 0 aliphatic heterocycles. The largest absolute Gasteiger partial charge is 0.424 e. The van der Waals surface area contributed by atoms with E-state index in [0.717, 1.165) is 23.2 Å². The first-order chi connectivity index (χ1) is 11.2. The van der Waals surface area contributed by atoms with Gasteiger partial charge in [-0.3, -0.25) is 0 Å². The minimum absolute atomic E-state index is 0.274. The SMILES string of the molecule is C=CCC(CCCCC)[Si](O)(c1ccccc1)c1ccccc1. The minimum atomic E-state index is -2.77. The second-order valence-electron chi connectivity index (χ2n) is 6.22. The van der Waals surface area contributed by atoms with Crippen LogP contribution < -0.4 is 10.4 Å². The Bertz CT molecular complexity index is 540. The molecule has 0 heterocycles. The maximum atomic E-state index is 11.9. The van der Waals surface area contributed by atoms with Crippen LogP contribution in [0.4, 0.5) is 0 Å². The molecule has 0 fully saturated rings. The van der Waals surface area contributed by atoms with Crippen LogP contribution in [0.15, 0.2) is 73.3 Å². The van der Waals surface area contributed by atoms with Crippen molar-refractivity contribution in [3.8, 4) is 0 Å². The van der Waals surface area contributed by atoms with E-state index < -0.39 is 8.32 Å². The Kier molecular flexibility index (Phi) is 6.81. The van der Waals surface area contributed by atoms with Crippen LogP contribution in [0, 0.1) is 0 Å². The molecular formula is C21H28OSi. The summed E-state index contributed by atoms with van der Waals surface area (Å²) in [6, 6.07) is 20.5. The maximum absolute atomic E-state index is 11.9. The summed E-state index contributed by atoms with van der Waals surface area (Å²) in [6.45, 7) is 6.16. The lowest BCUT2D eigenvalue weighted by molar-refractivity contribution is 0.512. The third-order valence-electron chi connectivity index (χ3n) is 4.63. The van der Waals surface area contributed by atoms with E-state index in [9.17, 15) is 4.80 Å². The van der Waals surface area contributed by atoms with Crippen LogP contribution in [0.2, 0.25) is 5.54 Å². The highest BCUT2D eigenvalue weighted by Crippen LogP contribution is 2.30. The molecule has 0 amide bonds. The zero-order valence-electron chi connectivity index (χ0n) is 14.1. The molecule has 1 atom stereocenters. The molecule has 0 saturated heterocycles. The molecule has 122 valence electrons. The number of unbranched alkanes of at least 4 members (excludes halogenated alkanes) is 2. The van der Waals surface area contributed by atoms with Gasteiger partial charge in [-0.15, -0.1) is 6.58 Å². The molecule has 0 saturated carbocycles. The highest BCUT2D eigenvalue weighted by molar-refractivity contribution is 6.97. The first-order valence-corrected chi connectivity index (χ1v) is 10.7. The summed E-state index contributed by atoms with van der Waals surface area (Å²) < 4.78 is 0. The molecule has 2 rings (SSSR count). The molecule has 1 N–H and O–H groups in total. The van der Waals surface area contributed by atoms with Crippen molar-refractivity contribution in [2.45, 2.75) is 44.6 Å². The standard InChI is InChI=1S/C21H28OSi/c1-3-5-8-14-19(13-4-2)23(22,20-15-9-6-10-16-20)21-17-11-7-12-18-21/h4,6-7,9-12,15-19,22H,2-3,5,8,13-14H2,1H3. The van der Waals surface area contributed by atoms with Gasteiger partial charge in [-0.2, -0.15) is 0 Å².